The number of aromatic nitrogens is 2. The Labute approximate surface area is 153 Å². The van der Waals surface area contributed by atoms with E-state index < -0.39 is 0 Å². The zero-order valence-corrected chi connectivity index (χ0v) is 15.0. The third-order valence-corrected chi connectivity index (χ3v) is 4.47. The van der Waals surface area contributed by atoms with Crippen LogP contribution in [0.25, 0.3) is 10.6 Å². The average molecular weight is 373 g/mol. The van der Waals surface area contributed by atoms with E-state index >= 15 is 0 Å². The number of amides is 1. The minimum Gasteiger partial charge on any atom is -0.493 e. The third kappa shape index (κ3) is 4.15. The SMILES string of the molecule is COc1ccc(-c2nnc(NC(=O)Cc3ccc(F)cc3)s2)cc1OC. The lowest BCUT2D eigenvalue weighted by Crippen LogP contribution is -2.14. The second kappa shape index (κ2) is 7.92. The van der Waals surface area contributed by atoms with E-state index in [9.17, 15) is 9.18 Å². The summed E-state index contributed by atoms with van der Waals surface area (Å²) in [5.74, 6) is 0.625. The lowest BCUT2D eigenvalue weighted by molar-refractivity contribution is -0.115. The molecule has 0 saturated heterocycles. The van der Waals surface area contributed by atoms with Gasteiger partial charge in [-0.3, -0.25) is 4.79 Å². The molecule has 6 nitrogen and oxygen atoms in total. The molecule has 0 unspecified atom stereocenters. The summed E-state index contributed by atoms with van der Waals surface area (Å²) < 4.78 is 23.4. The van der Waals surface area contributed by atoms with Crippen LogP contribution in [0.15, 0.2) is 42.5 Å². The number of anilines is 1. The Balaban J connectivity index is 1.69. The van der Waals surface area contributed by atoms with E-state index in [1.54, 1.807) is 38.5 Å². The number of hydrogen-bond donors (Lipinski definition) is 1. The van der Waals surface area contributed by atoms with Crippen LogP contribution >= 0.6 is 11.3 Å². The molecular formula is C18H16FN3O3S. The molecule has 1 heterocycles. The minimum absolute atomic E-state index is 0.131. The van der Waals surface area contributed by atoms with Crippen molar-refractivity contribution in [1.82, 2.24) is 10.2 Å². The fourth-order valence-corrected chi connectivity index (χ4v) is 3.07. The molecule has 134 valence electrons. The zero-order valence-electron chi connectivity index (χ0n) is 14.2. The summed E-state index contributed by atoms with van der Waals surface area (Å²) in [6.45, 7) is 0. The number of hydrogen-bond acceptors (Lipinski definition) is 6. The van der Waals surface area contributed by atoms with Crippen LogP contribution in [0.5, 0.6) is 11.5 Å². The van der Waals surface area contributed by atoms with Crippen molar-refractivity contribution >= 4 is 22.4 Å². The largest absolute Gasteiger partial charge is 0.493 e. The molecule has 1 amide bonds. The molecule has 0 saturated carbocycles. The van der Waals surface area contributed by atoms with Crippen molar-refractivity contribution in [2.75, 3.05) is 19.5 Å². The van der Waals surface area contributed by atoms with Crippen molar-refractivity contribution < 1.29 is 18.7 Å². The lowest BCUT2D eigenvalue weighted by atomic mass is 10.1. The topological polar surface area (TPSA) is 73.3 Å². The Morgan fingerprint density at radius 2 is 1.81 bits per heavy atom. The molecule has 2 aromatic carbocycles. The van der Waals surface area contributed by atoms with Gasteiger partial charge in [0.2, 0.25) is 11.0 Å². The Hall–Kier alpha value is -3.00. The molecule has 0 radical (unpaired) electrons. The van der Waals surface area contributed by atoms with Crippen LogP contribution in [-0.4, -0.2) is 30.3 Å². The van der Waals surface area contributed by atoms with Crippen molar-refractivity contribution in [2.24, 2.45) is 0 Å². The predicted molar refractivity (Wildman–Crippen MR) is 97.2 cm³/mol. The van der Waals surface area contributed by atoms with Gasteiger partial charge in [0, 0.05) is 5.56 Å². The van der Waals surface area contributed by atoms with Crippen LogP contribution in [0.1, 0.15) is 5.56 Å². The minimum atomic E-state index is -0.335. The fourth-order valence-electron chi connectivity index (χ4n) is 2.31. The van der Waals surface area contributed by atoms with Gasteiger partial charge in [0.05, 0.1) is 20.6 Å². The Morgan fingerprint density at radius 1 is 1.08 bits per heavy atom. The van der Waals surface area contributed by atoms with E-state index in [1.165, 1.54) is 23.5 Å². The van der Waals surface area contributed by atoms with E-state index in [1.807, 2.05) is 6.07 Å². The molecule has 26 heavy (non-hydrogen) atoms. The molecule has 0 bridgehead atoms. The highest BCUT2D eigenvalue weighted by molar-refractivity contribution is 7.18. The zero-order chi connectivity index (χ0) is 18.5. The summed E-state index contributed by atoms with van der Waals surface area (Å²) in [7, 11) is 3.13. The van der Waals surface area contributed by atoms with Gasteiger partial charge in [0.1, 0.15) is 10.8 Å². The molecule has 3 rings (SSSR count). The molecule has 0 atom stereocenters. The number of nitrogens with zero attached hydrogens (tertiary/aromatic N) is 2. The van der Waals surface area contributed by atoms with Crippen LogP contribution in [0.3, 0.4) is 0 Å². The molecule has 0 spiro atoms. The van der Waals surface area contributed by atoms with Gasteiger partial charge in [0.25, 0.3) is 0 Å². The number of carbonyl (C=O) groups is 1. The van der Waals surface area contributed by atoms with Gasteiger partial charge in [-0.1, -0.05) is 23.5 Å². The molecule has 1 aromatic heterocycles. The number of methoxy groups -OCH3 is 2. The van der Waals surface area contributed by atoms with Gasteiger partial charge in [-0.25, -0.2) is 4.39 Å². The van der Waals surface area contributed by atoms with Crippen molar-refractivity contribution in [3.05, 3.63) is 53.8 Å². The summed E-state index contributed by atoms with van der Waals surface area (Å²) in [6, 6.07) is 11.2. The Morgan fingerprint density at radius 3 is 2.50 bits per heavy atom. The van der Waals surface area contributed by atoms with Crippen LogP contribution in [-0.2, 0) is 11.2 Å². The van der Waals surface area contributed by atoms with Gasteiger partial charge in [-0.15, -0.1) is 10.2 Å². The number of halogens is 1. The molecule has 0 aliphatic carbocycles. The summed E-state index contributed by atoms with van der Waals surface area (Å²) >= 11 is 1.25. The first-order valence-corrected chi connectivity index (χ1v) is 8.51. The van der Waals surface area contributed by atoms with E-state index in [4.69, 9.17) is 9.47 Å². The van der Waals surface area contributed by atoms with Crippen LogP contribution in [0.4, 0.5) is 9.52 Å². The van der Waals surface area contributed by atoms with Crippen molar-refractivity contribution in [1.29, 1.82) is 0 Å². The average Bonchev–Trinajstić information content (AvgIpc) is 3.11. The highest BCUT2D eigenvalue weighted by Crippen LogP contribution is 2.34. The lowest BCUT2D eigenvalue weighted by Gasteiger charge is -2.07. The maximum atomic E-state index is 12.9. The summed E-state index contributed by atoms with van der Waals surface area (Å²) in [5, 5.41) is 11.8. The standard InChI is InChI=1S/C18H16FN3O3S/c1-24-14-8-5-12(10-15(14)25-2)17-21-22-18(26-17)20-16(23)9-11-3-6-13(19)7-4-11/h3-8,10H,9H2,1-2H3,(H,20,22,23). The quantitative estimate of drug-likeness (QED) is 0.715. The number of carbonyl (C=O) groups excluding carboxylic acids is 1. The smallest absolute Gasteiger partial charge is 0.230 e. The predicted octanol–water partition coefficient (Wildman–Crippen LogP) is 3.54. The van der Waals surface area contributed by atoms with E-state index in [-0.39, 0.29) is 18.1 Å². The molecule has 0 fully saturated rings. The molecule has 1 N–H and O–H groups in total. The van der Waals surface area contributed by atoms with Gasteiger partial charge in [-0.2, -0.15) is 0 Å². The van der Waals surface area contributed by atoms with Gasteiger partial charge >= 0.3 is 0 Å². The number of rotatable bonds is 6. The number of benzene rings is 2. The highest BCUT2D eigenvalue weighted by Gasteiger charge is 2.12. The van der Waals surface area contributed by atoms with Crippen molar-refractivity contribution in [3.63, 3.8) is 0 Å². The highest BCUT2D eigenvalue weighted by atomic mass is 32.1. The summed E-state index contributed by atoms with van der Waals surface area (Å²) in [4.78, 5) is 12.1. The van der Waals surface area contributed by atoms with Crippen LogP contribution < -0.4 is 14.8 Å². The summed E-state index contributed by atoms with van der Waals surface area (Å²) in [5.41, 5.74) is 1.52. The van der Waals surface area contributed by atoms with Gasteiger partial charge in [-0.05, 0) is 35.9 Å². The number of ether oxygens (including phenoxy) is 2. The second-order valence-corrected chi connectivity index (χ2v) is 6.31. The van der Waals surface area contributed by atoms with Gasteiger partial charge in [0.15, 0.2) is 11.5 Å². The Kier molecular flexibility index (Phi) is 5.43. The van der Waals surface area contributed by atoms with Crippen molar-refractivity contribution in [2.45, 2.75) is 6.42 Å². The monoisotopic (exact) mass is 373 g/mol. The fraction of sp³-hybridized carbons (Fsp3) is 0.167. The van der Waals surface area contributed by atoms with Crippen LogP contribution in [0.2, 0.25) is 0 Å². The first-order valence-electron chi connectivity index (χ1n) is 7.69. The third-order valence-electron chi connectivity index (χ3n) is 3.58. The maximum Gasteiger partial charge on any atom is 0.230 e. The Bertz CT molecular complexity index is 912. The second-order valence-electron chi connectivity index (χ2n) is 5.33. The molecule has 0 aliphatic rings. The molecule has 8 heteroatoms. The molecule has 0 aliphatic heterocycles. The molecular weight excluding hydrogens is 357 g/mol. The maximum absolute atomic E-state index is 12.9. The van der Waals surface area contributed by atoms with E-state index in [0.29, 0.717) is 27.2 Å². The number of nitrogens with one attached hydrogen (secondary N) is 1. The van der Waals surface area contributed by atoms with Crippen LogP contribution in [0, 0.1) is 5.82 Å². The first-order chi connectivity index (χ1) is 12.6. The summed E-state index contributed by atoms with van der Waals surface area (Å²) in [6.07, 6.45) is 0.131. The van der Waals surface area contributed by atoms with E-state index in [0.717, 1.165) is 5.56 Å². The normalized spacial score (nSPS) is 10.4. The van der Waals surface area contributed by atoms with Crippen molar-refractivity contribution in [3.8, 4) is 22.1 Å². The molecule has 3 aromatic rings. The van der Waals surface area contributed by atoms with E-state index in [2.05, 4.69) is 15.5 Å². The first kappa shape index (κ1) is 17.8. The van der Waals surface area contributed by atoms with Gasteiger partial charge < -0.3 is 14.8 Å².